The van der Waals surface area contributed by atoms with Gasteiger partial charge in [-0.15, -0.1) is 0 Å². The number of hydrogen-bond donors (Lipinski definition) is 1. The molecule has 1 atom stereocenters. The molecule has 2 N–H and O–H groups in total. The van der Waals surface area contributed by atoms with Crippen molar-refractivity contribution in [2.75, 3.05) is 7.11 Å². The third-order valence-electron chi connectivity index (χ3n) is 3.97. The molecule has 0 radical (unpaired) electrons. The van der Waals surface area contributed by atoms with E-state index in [-0.39, 0.29) is 6.04 Å². The van der Waals surface area contributed by atoms with Crippen molar-refractivity contribution in [3.63, 3.8) is 0 Å². The van der Waals surface area contributed by atoms with Crippen LogP contribution in [0.2, 0.25) is 0 Å². The molecule has 3 heteroatoms. The summed E-state index contributed by atoms with van der Waals surface area (Å²) in [7, 11) is 1.66. The van der Waals surface area contributed by atoms with Gasteiger partial charge in [0.05, 0.1) is 7.11 Å². The van der Waals surface area contributed by atoms with Crippen LogP contribution in [-0.2, 0) is 6.61 Å². The Morgan fingerprint density at radius 3 is 2.48 bits per heavy atom. The van der Waals surface area contributed by atoms with Crippen LogP contribution >= 0.6 is 0 Å². The Bertz CT molecular complexity index is 583. The first-order chi connectivity index (χ1) is 11.2. The molecule has 0 saturated heterocycles. The molecule has 2 aromatic carbocycles. The van der Waals surface area contributed by atoms with Crippen molar-refractivity contribution in [2.24, 2.45) is 5.73 Å². The molecular weight excluding hydrogens is 286 g/mol. The summed E-state index contributed by atoms with van der Waals surface area (Å²) in [6.07, 6.45) is 4.60. The van der Waals surface area contributed by atoms with Gasteiger partial charge in [0.15, 0.2) is 11.5 Å². The van der Waals surface area contributed by atoms with Crippen LogP contribution in [0, 0.1) is 0 Å². The fourth-order valence-electron chi connectivity index (χ4n) is 2.55. The summed E-state index contributed by atoms with van der Waals surface area (Å²) in [5.74, 6) is 1.49. The number of unbranched alkanes of at least 4 members (excludes halogenated alkanes) is 2. The second-order valence-corrected chi connectivity index (χ2v) is 5.79. The van der Waals surface area contributed by atoms with E-state index in [1.54, 1.807) is 7.11 Å². The number of hydrogen-bond acceptors (Lipinski definition) is 3. The van der Waals surface area contributed by atoms with Crippen molar-refractivity contribution in [1.82, 2.24) is 0 Å². The lowest BCUT2D eigenvalue weighted by atomic mass is 10.0. The second kappa shape index (κ2) is 9.21. The van der Waals surface area contributed by atoms with Gasteiger partial charge in [0.25, 0.3) is 0 Å². The van der Waals surface area contributed by atoms with Crippen LogP contribution < -0.4 is 15.2 Å². The number of methoxy groups -OCH3 is 1. The van der Waals surface area contributed by atoms with Gasteiger partial charge in [-0.1, -0.05) is 62.6 Å². The monoisotopic (exact) mass is 313 g/mol. The number of ether oxygens (including phenoxy) is 2. The first-order valence-corrected chi connectivity index (χ1v) is 8.34. The predicted octanol–water partition coefficient (Wildman–Crippen LogP) is 4.85. The third kappa shape index (κ3) is 5.29. The van der Waals surface area contributed by atoms with Gasteiger partial charge in [0.2, 0.25) is 0 Å². The van der Waals surface area contributed by atoms with Crippen LogP contribution in [-0.4, -0.2) is 7.11 Å². The Morgan fingerprint density at radius 1 is 1.00 bits per heavy atom. The van der Waals surface area contributed by atoms with E-state index in [0.29, 0.717) is 6.61 Å². The van der Waals surface area contributed by atoms with Crippen LogP contribution in [0.5, 0.6) is 11.5 Å². The smallest absolute Gasteiger partial charge is 0.161 e. The van der Waals surface area contributed by atoms with Crippen LogP contribution in [0.25, 0.3) is 0 Å². The molecule has 124 valence electrons. The maximum absolute atomic E-state index is 6.28. The van der Waals surface area contributed by atoms with Crippen molar-refractivity contribution in [3.05, 3.63) is 59.7 Å². The molecule has 0 aliphatic carbocycles. The molecule has 2 aromatic rings. The maximum Gasteiger partial charge on any atom is 0.161 e. The highest BCUT2D eigenvalue weighted by atomic mass is 16.5. The highest BCUT2D eigenvalue weighted by Crippen LogP contribution is 2.31. The molecule has 2 rings (SSSR count). The summed E-state index contributed by atoms with van der Waals surface area (Å²) >= 11 is 0. The van der Waals surface area contributed by atoms with Crippen molar-refractivity contribution < 1.29 is 9.47 Å². The van der Waals surface area contributed by atoms with E-state index in [2.05, 4.69) is 6.92 Å². The minimum Gasteiger partial charge on any atom is -0.493 e. The lowest BCUT2D eigenvalue weighted by Gasteiger charge is -2.16. The van der Waals surface area contributed by atoms with Gasteiger partial charge >= 0.3 is 0 Å². The normalized spacial score (nSPS) is 12.0. The Balaban J connectivity index is 2.01. The number of rotatable bonds is 9. The fraction of sp³-hybridized carbons (Fsp3) is 0.400. The Hall–Kier alpha value is -2.00. The van der Waals surface area contributed by atoms with Crippen LogP contribution in [0.3, 0.4) is 0 Å². The molecule has 0 fully saturated rings. The minimum absolute atomic E-state index is 0.0543. The van der Waals surface area contributed by atoms with Crippen LogP contribution in [0.1, 0.15) is 49.8 Å². The Labute approximate surface area is 139 Å². The zero-order valence-corrected chi connectivity index (χ0v) is 14.1. The van der Waals surface area contributed by atoms with Crippen molar-refractivity contribution in [3.8, 4) is 11.5 Å². The summed E-state index contributed by atoms with van der Waals surface area (Å²) in [6.45, 7) is 2.73. The van der Waals surface area contributed by atoms with Crippen LogP contribution in [0.15, 0.2) is 48.5 Å². The molecule has 0 unspecified atom stereocenters. The largest absolute Gasteiger partial charge is 0.493 e. The van der Waals surface area contributed by atoms with Gasteiger partial charge in [0, 0.05) is 6.04 Å². The molecule has 0 saturated carbocycles. The summed E-state index contributed by atoms with van der Waals surface area (Å²) in [6, 6.07) is 16.2. The standard InChI is InChI=1S/C20H27NO2/c1-3-4-6-11-18(21)17-12-13-19(20(14-17)22-2)23-15-16-9-7-5-8-10-16/h5,7-10,12-14,18H,3-4,6,11,15,21H2,1-2H3/t18-/m1/s1. The van der Waals surface area contributed by atoms with E-state index in [1.165, 1.54) is 12.8 Å². The zero-order valence-electron chi connectivity index (χ0n) is 14.1. The highest BCUT2D eigenvalue weighted by molar-refractivity contribution is 5.44. The van der Waals surface area contributed by atoms with E-state index >= 15 is 0 Å². The number of benzene rings is 2. The highest BCUT2D eigenvalue weighted by Gasteiger charge is 2.11. The summed E-state index contributed by atoms with van der Waals surface area (Å²) in [4.78, 5) is 0. The molecule has 23 heavy (non-hydrogen) atoms. The Kier molecular flexibility index (Phi) is 6.95. The topological polar surface area (TPSA) is 44.5 Å². The number of nitrogens with two attached hydrogens (primary N) is 1. The molecular formula is C20H27NO2. The van der Waals surface area contributed by atoms with Gasteiger partial charge in [-0.25, -0.2) is 0 Å². The molecule has 3 nitrogen and oxygen atoms in total. The predicted molar refractivity (Wildman–Crippen MR) is 94.8 cm³/mol. The SMILES string of the molecule is CCCCC[C@@H](N)c1ccc(OCc2ccccc2)c(OC)c1. The summed E-state index contributed by atoms with van der Waals surface area (Å²) in [5.41, 5.74) is 8.51. The Morgan fingerprint density at radius 2 is 1.78 bits per heavy atom. The molecule has 0 heterocycles. The first kappa shape index (κ1) is 17.4. The maximum atomic E-state index is 6.28. The first-order valence-electron chi connectivity index (χ1n) is 8.34. The van der Waals surface area contributed by atoms with E-state index in [4.69, 9.17) is 15.2 Å². The van der Waals surface area contributed by atoms with Crippen LogP contribution in [0.4, 0.5) is 0 Å². The van der Waals surface area contributed by atoms with Gasteiger partial charge in [-0.05, 0) is 29.7 Å². The molecule has 0 aliphatic heterocycles. The van der Waals surface area contributed by atoms with E-state index in [1.807, 2.05) is 48.5 Å². The van der Waals surface area contributed by atoms with Gasteiger partial charge < -0.3 is 15.2 Å². The third-order valence-corrected chi connectivity index (χ3v) is 3.97. The van der Waals surface area contributed by atoms with Crippen molar-refractivity contribution >= 4 is 0 Å². The lowest BCUT2D eigenvalue weighted by Crippen LogP contribution is -2.10. The van der Waals surface area contributed by atoms with E-state index in [0.717, 1.165) is 35.5 Å². The summed E-state index contributed by atoms with van der Waals surface area (Å²) < 4.78 is 11.4. The average molecular weight is 313 g/mol. The minimum atomic E-state index is 0.0543. The molecule has 0 aliphatic rings. The van der Waals surface area contributed by atoms with Gasteiger partial charge in [-0.3, -0.25) is 0 Å². The van der Waals surface area contributed by atoms with Crippen molar-refractivity contribution in [2.45, 2.75) is 45.3 Å². The average Bonchev–Trinajstić information content (AvgIpc) is 2.60. The fourth-order valence-corrected chi connectivity index (χ4v) is 2.55. The molecule has 0 spiro atoms. The van der Waals surface area contributed by atoms with Crippen molar-refractivity contribution in [1.29, 1.82) is 0 Å². The van der Waals surface area contributed by atoms with Gasteiger partial charge in [0.1, 0.15) is 6.61 Å². The quantitative estimate of drug-likeness (QED) is 0.673. The second-order valence-electron chi connectivity index (χ2n) is 5.79. The molecule has 0 amide bonds. The lowest BCUT2D eigenvalue weighted by molar-refractivity contribution is 0.284. The molecule has 0 bridgehead atoms. The zero-order chi connectivity index (χ0) is 16.5. The summed E-state index contributed by atoms with van der Waals surface area (Å²) in [5, 5.41) is 0. The van der Waals surface area contributed by atoms with E-state index < -0.39 is 0 Å². The molecule has 0 aromatic heterocycles. The van der Waals surface area contributed by atoms with E-state index in [9.17, 15) is 0 Å². The van der Waals surface area contributed by atoms with Gasteiger partial charge in [-0.2, -0.15) is 0 Å².